The minimum absolute atomic E-state index is 0. The van der Waals surface area contributed by atoms with Gasteiger partial charge in [-0.2, -0.15) is 0 Å². The number of benzene rings is 1. The summed E-state index contributed by atoms with van der Waals surface area (Å²) >= 11 is 0. The van der Waals surface area contributed by atoms with Crippen molar-refractivity contribution in [2.24, 2.45) is 5.92 Å². The molecule has 1 amide bonds. The summed E-state index contributed by atoms with van der Waals surface area (Å²) < 4.78 is 10.3. The van der Waals surface area contributed by atoms with Gasteiger partial charge in [0.25, 0.3) is 5.91 Å². The van der Waals surface area contributed by atoms with E-state index < -0.39 is 0 Å². The van der Waals surface area contributed by atoms with E-state index in [1.54, 1.807) is 7.11 Å². The maximum absolute atomic E-state index is 12.9. The lowest BCUT2D eigenvalue weighted by atomic mass is 9.83. The molecule has 2 aliphatic rings. The molecule has 0 bridgehead atoms. The van der Waals surface area contributed by atoms with Crippen LogP contribution < -0.4 is 15.4 Å². The molecule has 1 saturated heterocycles. The predicted molar refractivity (Wildman–Crippen MR) is 120 cm³/mol. The lowest BCUT2D eigenvalue weighted by Crippen LogP contribution is -2.37. The normalized spacial score (nSPS) is 21.9. The number of halogens is 1. The van der Waals surface area contributed by atoms with Gasteiger partial charge in [-0.3, -0.25) is 9.59 Å². The summed E-state index contributed by atoms with van der Waals surface area (Å²) in [5.74, 6) is 1.53. The van der Waals surface area contributed by atoms with Crippen molar-refractivity contribution in [2.75, 3.05) is 27.3 Å². The van der Waals surface area contributed by atoms with Crippen LogP contribution in [0, 0.1) is 5.92 Å². The molecule has 1 aromatic rings. The number of esters is 1. The van der Waals surface area contributed by atoms with Crippen molar-refractivity contribution in [3.63, 3.8) is 0 Å². The van der Waals surface area contributed by atoms with E-state index in [0.29, 0.717) is 29.6 Å². The van der Waals surface area contributed by atoms with Crippen LogP contribution in [0.25, 0.3) is 0 Å². The zero-order valence-corrected chi connectivity index (χ0v) is 18.9. The third-order valence-electron chi connectivity index (χ3n) is 6.45. The molecule has 1 heterocycles. The molecule has 6 nitrogen and oxygen atoms in total. The summed E-state index contributed by atoms with van der Waals surface area (Å²) in [6, 6.07) is 6.21. The first kappa shape index (κ1) is 24.5. The lowest BCUT2D eigenvalue weighted by Gasteiger charge is -2.29. The molecule has 30 heavy (non-hydrogen) atoms. The highest BCUT2D eigenvalue weighted by atomic mass is 35.5. The molecule has 1 saturated carbocycles. The quantitative estimate of drug-likeness (QED) is 0.633. The van der Waals surface area contributed by atoms with E-state index in [0.717, 1.165) is 58.0 Å². The number of carbonyl (C=O) groups excluding carboxylic acids is 2. The summed E-state index contributed by atoms with van der Waals surface area (Å²) in [5, 5.41) is 6.57. The van der Waals surface area contributed by atoms with Gasteiger partial charge in [0, 0.05) is 12.5 Å². The average molecular weight is 439 g/mol. The molecule has 3 rings (SSSR count). The highest BCUT2D eigenvalue weighted by Crippen LogP contribution is 2.31. The van der Waals surface area contributed by atoms with Gasteiger partial charge in [0.1, 0.15) is 5.75 Å². The monoisotopic (exact) mass is 438 g/mol. The van der Waals surface area contributed by atoms with E-state index in [9.17, 15) is 9.59 Å². The minimum atomic E-state index is -0.138. The molecule has 2 N–H and O–H groups in total. The fourth-order valence-corrected chi connectivity index (χ4v) is 4.59. The Morgan fingerprint density at radius 1 is 1.07 bits per heavy atom. The van der Waals surface area contributed by atoms with Crippen molar-refractivity contribution < 1.29 is 19.1 Å². The summed E-state index contributed by atoms with van der Waals surface area (Å²) in [6.07, 6.45) is 7.57. The van der Waals surface area contributed by atoms with Gasteiger partial charge in [-0.05, 0) is 87.6 Å². The molecule has 0 radical (unpaired) electrons. The number of carbonyl (C=O) groups is 2. The maximum atomic E-state index is 12.9. The molecule has 0 spiro atoms. The van der Waals surface area contributed by atoms with E-state index in [-0.39, 0.29) is 30.3 Å². The lowest BCUT2D eigenvalue weighted by molar-refractivity contribution is -0.141. The number of piperidine rings is 1. The number of nitrogens with one attached hydrogen (secondary N) is 2. The maximum Gasteiger partial charge on any atom is 0.305 e. The second-order valence-corrected chi connectivity index (χ2v) is 8.29. The summed E-state index contributed by atoms with van der Waals surface area (Å²) in [7, 11) is 3.06. The van der Waals surface area contributed by atoms with Crippen molar-refractivity contribution in [1.29, 1.82) is 0 Å². The second kappa shape index (κ2) is 12.2. The zero-order chi connectivity index (χ0) is 20.6. The smallest absolute Gasteiger partial charge is 0.305 e. The first-order valence-electron chi connectivity index (χ1n) is 10.9. The fourth-order valence-electron chi connectivity index (χ4n) is 4.59. The molecule has 1 aliphatic carbocycles. The van der Waals surface area contributed by atoms with E-state index in [1.165, 1.54) is 12.7 Å². The van der Waals surface area contributed by atoms with Gasteiger partial charge in [-0.1, -0.05) is 6.07 Å². The van der Waals surface area contributed by atoms with Crippen LogP contribution in [0.3, 0.4) is 0 Å². The Bertz CT molecular complexity index is 698. The van der Waals surface area contributed by atoms with Gasteiger partial charge >= 0.3 is 5.97 Å². The summed E-state index contributed by atoms with van der Waals surface area (Å²) in [5.41, 5.74) is 1.86. The van der Waals surface area contributed by atoms with Crippen molar-refractivity contribution in [3.8, 4) is 5.75 Å². The third-order valence-corrected chi connectivity index (χ3v) is 6.45. The molecule has 168 valence electrons. The number of rotatable bonds is 7. The number of methoxy groups -OCH3 is 2. The topological polar surface area (TPSA) is 76.7 Å². The largest absolute Gasteiger partial charge is 0.496 e. The molecule has 0 aromatic heterocycles. The number of hydrogen-bond donors (Lipinski definition) is 2. The highest BCUT2D eigenvalue weighted by molar-refractivity contribution is 5.97. The van der Waals surface area contributed by atoms with Gasteiger partial charge in [-0.15, -0.1) is 12.4 Å². The predicted octanol–water partition coefficient (Wildman–Crippen LogP) is 3.83. The Morgan fingerprint density at radius 3 is 2.40 bits per heavy atom. The van der Waals surface area contributed by atoms with Crippen molar-refractivity contribution in [2.45, 2.75) is 63.3 Å². The molecule has 2 fully saturated rings. The molecule has 0 atom stereocenters. The Morgan fingerprint density at radius 2 is 1.77 bits per heavy atom. The van der Waals surface area contributed by atoms with Gasteiger partial charge < -0.3 is 20.1 Å². The van der Waals surface area contributed by atoms with E-state index in [1.807, 2.05) is 12.1 Å². The molecule has 7 heteroatoms. The van der Waals surface area contributed by atoms with Crippen LogP contribution in [-0.4, -0.2) is 45.2 Å². The molecular formula is C23H35ClN2O4. The Kier molecular flexibility index (Phi) is 9.92. The molecule has 1 aliphatic heterocycles. The molecule has 0 unspecified atom stereocenters. The van der Waals surface area contributed by atoms with Crippen LogP contribution in [0.2, 0.25) is 0 Å². The standard InChI is InChI=1S/C23H34N2O4.ClH/c1-28-21-15-18(17-11-13-24-14-12-17)6-9-20(21)23(27)25-19-7-3-16(4-8-19)5-10-22(26)29-2;/h6,9,15-17,19,24H,3-5,7-8,10-14H2,1-2H3,(H,25,27);1H. The van der Waals surface area contributed by atoms with E-state index in [4.69, 9.17) is 9.47 Å². The number of ether oxygens (including phenoxy) is 2. The number of hydrogen-bond acceptors (Lipinski definition) is 5. The third kappa shape index (κ3) is 6.61. The van der Waals surface area contributed by atoms with Crippen LogP contribution >= 0.6 is 12.4 Å². The zero-order valence-electron chi connectivity index (χ0n) is 18.1. The fraction of sp³-hybridized carbons (Fsp3) is 0.652. The first-order valence-corrected chi connectivity index (χ1v) is 10.9. The van der Waals surface area contributed by atoms with Gasteiger partial charge in [-0.25, -0.2) is 0 Å². The summed E-state index contributed by atoms with van der Waals surface area (Å²) in [4.78, 5) is 24.2. The summed E-state index contributed by atoms with van der Waals surface area (Å²) in [6.45, 7) is 2.08. The van der Waals surface area contributed by atoms with Crippen LogP contribution in [0.5, 0.6) is 5.75 Å². The second-order valence-electron chi connectivity index (χ2n) is 8.29. The molecular weight excluding hydrogens is 404 g/mol. The van der Waals surface area contributed by atoms with Crippen LogP contribution in [0.1, 0.15) is 73.2 Å². The van der Waals surface area contributed by atoms with Crippen molar-refractivity contribution >= 4 is 24.3 Å². The molecule has 1 aromatic carbocycles. The van der Waals surface area contributed by atoms with Crippen LogP contribution in [-0.2, 0) is 9.53 Å². The highest BCUT2D eigenvalue weighted by Gasteiger charge is 2.25. The van der Waals surface area contributed by atoms with Crippen molar-refractivity contribution in [1.82, 2.24) is 10.6 Å². The Labute approximate surface area is 185 Å². The van der Waals surface area contributed by atoms with Gasteiger partial charge in [0.05, 0.1) is 19.8 Å². The Hall–Kier alpha value is -1.79. The first-order chi connectivity index (χ1) is 14.1. The van der Waals surface area contributed by atoms with E-state index in [2.05, 4.69) is 16.7 Å². The Balaban J connectivity index is 0.00000320. The SMILES string of the molecule is COC(=O)CCC1CCC(NC(=O)c2ccc(C3CCNCC3)cc2OC)CC1.Cl. The van der Waals surface area contributed by atoms with Crippen molar-refractivity contribution in [3.05, 3.63) is 29.3 Å². The average Bonchev–Trinajstić information content (AvgIpc) is 2.78. The van der Waals surface area contributed by atoms with Gasteiger partial charge in [0.2, 0.25) is 0 Å². The number of amides is 1. The van der Waals surface area contributed by atoms with Crippen LogP contribution in [0.4, 0.5) is 0 Å². The minimum Gasteiger partial charge on any atom is -0.496 e. The van der Waals surface area contributed by atoms with Crippen LogP contribution in [0.15, 0.2) is 18.2 Å². The van der Waals surface area contributed by atoms with Gasteiger partial charge in [0.15, 0.2) is 0 Å². The van der Waals surface area contributed by atoms with E-state index >= 15 is 0 Å².